The summed E-state index contributed by atoms with van der Waals surface area (Å²) in [6.07, 6.45) is 1.89. The lowest BCUT2D eigenvalue weighted by atomic mass is 9.86. The number of ether oxygens (including phenoxy) is 1. The van der Waals surface area contributed by atoms with Crippen LogP contribution in [-0.4, -0.2) is 18.0 Å². The minimum atomic E-state index is -0.839. The van der Waals surface area contributed by atoms with E-state index < -0.39 is 12.0 Å². The fourth-order valence-corrected chi connectivity index (χ4v) is 1.88. The van der Waals surface area contributed by atoms with Gasteiger partial charge >= 0.3 is 5.97 Å². The third-order valence-electron chi connectivity index (χ3n) is 3.36. The van der Waals surface area contributed by atoms with Crippen molar-refractivity contribution in [1.82, 2.24) is 0 Å². The standard InChI is InChI=1S/C15H16N2O3/c1-10(20-15(19)12-5-3-6-12)14(18)17-13-7-2-4-11(8-13)9-16/h2,4,7-8,10,12H,3,5-6H2,1H3,(H,17,18)/t10-/m0/s1. The highest BCUT2D eigenvalue weighted by atomic mass is 16.5. The second kappa shape index (κ2) is 6.20. The first-order chi connectivity index (χ1) is 9.60. The minimum Gasteiger partial charge on any atom is -0.452 e. The van der Waals surface area contributed by atoms with Crippen LogP contribution < -0.4 is 5.32 Å². The topological polar surface area (TPSA) is 79.2 Å². The Morgan fingerprint density at radius 2 is 2.20 bits per heavy atom. The summed E-state index contributed by atoms with van der Waals surface area (Å²) in [6, 6.07) is 8.57. The summed E-state index contributed by atoms with van der Waals surface area (Å²) in [5.41, 5.74) is 0.975. The van der Waals surface area contributed by atoms with E-state index in [2.05, 4.69) is 5.32 Å². The van der Waals surface area contributed by atoms with Gasteiger partial charge in [-0.3, -0.25) is 9.59 Å². The monoisotopic (exact) mass is 272 g/mol. The second-order valence-electron chi connectivity index (χ2n) is 4.89. The molecule has 0 aromatic heterocycles. The van der Waals surface area contributed by atoms with Crippen molar-refractivity contribution >= 4 is 17.6 Å². The average molecular weight is 272 g/mol. The molecular formula is C15H16N2O3. The van der Waals surface area contributed by atoms with Gasteiger partial charge in [-0.2, -0.15) is 5.26 Å². The number of hydrogen-bond donors (Lipinski definition) is 1. The molecule has 0 spiro atoms. The normalized spacial score (nSPS) is 15.6. The van der Waals surface area contributed by atoms with Crippen LogP contribution in [0.25, 0.3) is 0 Å². The Balaban J connectivity index is 1.90. The highest BCUT2D eigenvalue weighted by molar-refractivity contribution is 5.95. The van der Waals surface area contributed by atoms with E-state index in [1.165, 1.54) is 0 Å². The Hall–Kier alpha value is -2.35. The quantitative estimate of drug-likeness (QED) is 0.852. The van der Waals surface area contributed by atoms with Crippen molar-refractivity contribution in [3.05, 3.63) is 29.8 Å². The van der Waals surface area contributed by atoms with Crippen LogP contribution in [0.1, 0.15) is 31.7 Å². The summed E-state index contributed by atoms with van der Waals surface area (Å²) < 4.78 is 5.13. The number of hydrogen-bond acceptors (Lipinski definition) is 4. The van der Waals surface area contributed by atoms with Crippen LogP contribution in [0.15, 0.2) is 24.3 Å². The van der Waals surface area contributed by atoms with Gasteiger partial charge in [0, 0.05) is 5.69 Å². The molecule has 1 fully saturated rings. The molecule has 1 aromatic rings. The molecule has 0 aliphatic heterocycles. The highest BCUT2D eigenvalue weighted by Crippen LogP contribution is 2.27. The molecule has 1 N–H and O–H groups in total. The summed E-state index contributed by atoms with van der Waals surface area (Å²) in [5.74, 6) is -0.746. The van der Waals surface area contributed by atoms with Crippen molar-refractivity contribution in [3.63, 3.8) is 0 Å². The summed E-state index contributed by atoms with van der Waals surface area (Å²) in [6.45, 7) is 1.54. The van der Waals surface area contributed by atoms with Crippen molar-refractivity contribution in [2.45, 2.75) is 32.3 Å². The first-order valence-corrected chi connectivity index (χ1v) is 6.61. The van der Waals surface area contributed by atoms with E-state index in [9.17, 15) is 9.59 Å². The molecule has 0 bridgehead atoms. The van der Waals surface area contributed by atoms with Gasteiger partial charge in [-0.25, -0.2) is 0 Å². The van der Waals surface area contributed by atoms with Gasteiger partial charge < -0.3 is 10.1 Å². The van der Waals surface area contributed by atoms with E-state index >= 15 is 0 Å². The molecule has 20 heavy (non-hydrogen) atoms. The number of nitriles is 1. The van der Waals surface area contributed by atoms with Gasteiger partial charge in [0.25, 0.3) is 5.91 Å². The van der Waals surface area contributed by atoms with E-state index in [0.29, 0.717) is 11.3 Å². The molecule has 1 aliphatic carbocycles. The predicted molar refractivity (Wildman–Crippen MR) is 72.7 cm³/mol. The maximum atomic E-state index is 11.9. The summed E-state index contributed by atoms with van der Waals surface area (Å²) >= 11 is 0. The number of benzene rings is 1. The number of rotatable bonds is 4. The van der Waals surface area contributed by atoms with E-state index in [4.69, 9.17) is 10.00 Å². The molecule has 5 heteroatoms. The molecule has 0 unspecified atom stereocenters. The lowest BCUT2D eigenvalue weighted by Crippen LogP contribution is -2.34. The molecule has 1 aliphatic rings. The maximum Gasteiger partial charge on any atom is 0.309 e. The molecule has 5 nitrogen and oxygen atoms in total. The zero-order chi connectivity index (χ0) is 14.5. The molecule has 1 atom stereocenters. The lowest BCUT2D eigenvalue weighted by Gasteiger charge is -2.24. The first-order valence-electron chi connectivity index (χ1n) is 6.61. The number of nitrogens with zero attached hydrogens (tertiary/aromatic N) is 1. The maximum absolute atomic E-state index is 11.9. The Kier molecular flexibility index (Phi) is 4.36. The molecule has 0 saturated heterocycles. The van der Waals surface area contributed by atoms with Crippen molar-refractivity contribution in [1.29, 1.82) is 5.26 Å². The molecule has 104 valence electrons. The van der Waals surface area contributed by atoms with Crippen molar-refractivity contribution in [3.8, 4) is 6.07 Å². The zero-order valence-electron chi connectivity index (χ0n) is 11.3. The molecule has 1 saturated carbocycles. The van der Waals surface area contributed by atoms with Crippen LogP contribution >= 0.6 is 0 Å². The number of carbonyl (C=O) groups is 2. The minimum absolute atomic E-state index is 0.0489. The molecule has 1 aromatic carbocycles. The zero-order valence-corrected chi connectivity index (χ0v) is 11.3. The first kappa shape index (κ1) is 14.1. The number of amides is 1. The second-order valence-corrected chi connectivity index (χ2v) is 4.89. The molecule has 1 amide bonds. The van der Waals surface area contributed by atoms with Crippen LogP contribution in [0, 0.1) is 17.2 Å². The summed E-state index contributed by atoms with van der Waals surface area (Å²) in [7, 11) is 0. The predicted octanol–water partition coefficient (Wildman–Crippen LogP) is 2.23. The Bertz CT molecular complexity index is 558. The molecule has 0 radical (unpaired) electrons. The van der Waals surface area contributed by atoms with Crippen molar-refractivity contribution in [2.24, 2.45) is 5.92 Å². The average Bonchev–Trinajstić information content (AvgIpc) is 2.36. The highest BCUT2D eigenvalue weighted by Gasteiger charge is 2.29. The van der Waals surface area contributed by atoms with E-state index in [-0.39, 0.29) is 11.9 Å². The van der Waals surface area contributed by atoms with Gasteiger partial charge in [0.05, 0.1) is 17.6 Å². The SMILES string of the molecule is C[C@H](OC(=O)C1CCC1)C(=O)Nc1cccc(C#N)c1. The fourth-order valence-electron chi connectivity index (χ4n) is 1.88. The largest absolute Gasteiger partial charge is 0.452 e. The number of anilines is 1. The molecule has 2 rings (SSSR count). The summed E-state index contributed by atoms with van der Waals surface area (Å²) in [4.78, 5) is 23.6. The van der Waals surface area contributed by atoms with Crippen LogP contribution in [0.3, 0.4) is 0 Å². The van der Waals surface area contributed by atoms with Crippen molar-refractivity contribution in [2.75, 3.05) is 5.32 Å². The van der Waals surface area contributed by atoms with Gasteiger partial charge in [0.2, 0.25) is 0 Å². The lowest BCUT2D eigenvalue weighted by molar-refractivity contribution is -0.159. The van der Waals surface area contributed by atoms with Crippen LogP contribution in [0.2, 0.25) is 0 Å². The van der Waals surface area contributed by atoms with Crippen molar-refractivity contribution < 1.29 is 14.3 Å². The Morgan fingerprint density at radius 3 is 2.80 bits per heavy atom. The fraction of sp³-hybridized carbons (Fsp3) is 0.400. The number of nitrogens with one attached hydrogen (secondary N) is 1. The summed E-state index contributed by atoms with van der Waals surface area (Å²) in [5, 5.41) is 11.4. The van der Waals surface area contributed by atoms with Gasteiger partial charge in [-0.15, -0.1) is 0 Å². The number of carbonyl (C=O) groups excluding carboxylic acids is 2. The third-order valence-corrected chi connectivity index (χ3v) is 3.36. The Morgan fingerprint density at radius 1 is 1.45 bits per heavy atom. The van der Waals surface area contributed by atoms with Gasteiger partial charge in [0.15, 0.2) is 6.10 Å². The van der Waals surface area contributed by atoms with Crippen LogP contribution in [-0.2, 0) is 14.3 Å². The van der Waals surface area contributed by atoms with E-state index in [1.54, 1.807) is 31.2 Å². The third kappa shape index (κ3) is 3.35. The van der Waals surface area contributed by atoms with Crippen LogP contribution in [0.4, 0.5) is 5.69 Å². The van der Waals surface area contributed by atoms with Gasteiger partial charge in [-0.05, 0) is 38.0 Å². The van der Waals surface area contributed by atoms with E-state index in [1.807, 2.05) is 6.07 Å². The van der Waals surface area contributed by atoms with E-state index in [0.717, 1.165) is 19.3 Å². The molecular weight excluding hydrogens is 256 g/mol. The van der Waals surface area contributed by atoms with Gasteiger partial charge in [-0.1, -0.05) is 12.5 Å². The number of esters is 1. The van der Waals surface area contributed by atoms with Crippen LogP contribution in [0.5, 0.6) is 0 Å². The smallest absolute Gasteiger partial charge is 0.309 e. The van der Waals surface area contributed by atoms with Gasteiger partial charge in [0.1, 0.15) is 0 Å². The Labute approximate surface area is 117 Å². The molecule has 0 heterocycles.